The fourth-order valence-corrected chi connectivity index (χ4v) is 2.09. The summed E-state index contributed by atoms with van der Waals surface area (Å²) in [5.41, 5.74) is 2.87. The molecule has 0 fully saturated rings. The second-order valence-electron chi connectivity index (χ2n) is 2.71. The van der Waals surface area contributed by atoms with Gasteiger partial charge in [-0.2, -0.15) is 0 Å². The molecule has 0 aliphatic carbocycles. The van der Waals surface area contributed by atoms with Crippen LogP contribution in [-0.2, 0) is 9.84 Å². The lowest BCUT2D eigenvalue weighted by atomic mass is 10.3. The topological polar surface area (TPSA) is 92.4 Å². The molecule has 0 radical (unpaired) electrons. The highest BCUT2D eigenvalue weighted by atomic mass is 32.2. The van der Waals surface area contributed by atoms with E-state index in [2.05, 4.69) is 5.43 Å². The average Bonchev–Trinajstić information content (AvgIpc) is 2.18. The number of aliphatic hydroxyl groups excluding tert-OH is 1. The molecule has 14 heavy (non-hydrogen) atoms. The molecule has 0 unspecified atom stereocenters. The number of hydrogen-bond donors (Lipinski definition) is 3. The third-order valence-electron chi connectivity index (χ3n) is 1.72. The molecule has 4 N–H and O–H groups in total. The van der Waals surface area contributed by atoms with Crippen LogP contribution in [0.25, 0.3) is 0 Å². The van der Waals surface area contributed by atoms with E-state index in [4.69, 9.17) is 10.9 Å². The Morgan fingerprint density at radius 3 is 2.71 bits per heavy atom. The number of anilines is 1. The Morgan fingerprint density at radius 1 is 1.43 bits per heavy atom. The molecule has 0 aliphatic rings. The van der Waals surface area contributed by atoms with Crippen LogP contribution in [0, 0.1) is 0 Å². The maximum absolute atomic E-state index is 11.5. The van der Waals surface area contributed by atoms with Crippen LogP contribution in [0.4, 0.5) is 5.69 Å². The van der Waals surface area contributed by atoms with E-state index in [1.807, 2.05) is 0 Å². The summed E-state index contributed by atoms with van der Waals surface area (Å²) < 4.78 is 22.9. The van der Waals surface area contributed by atoms with E-state index in [-0.39, 0.29) is 17.3 Å². The summed E-state index contributed by atoms with van der Waals surface area (Å²) in [6, 6.07) is 6.12. The van der Waals surface area contributed by atoms with Crippen LogP contribution in [0.3, 0.4) is 0 Å². The molecule has 0 saturated carbocycles. The van der Waals surface area contributed by atoms with Gasteiger partial charge in [-0.05, 0) is 18.2 Å². The highest BCUT2D eigenvalue weighted by Crippen LogP contribution is 2.15. The van der Waals surface area contributed by atoms with E-state index in [0.717, 1.165) is 0 Å². The number of nitrogens with one attached hydrogen (secondary N) is 1. The normalized spacial score (nSPS) is 11.3. The van der Waals surface area contributed by atoms with Gasteiger partial charge in [0.2, 0.25) is 0 Å². The monoisotopic (exact) mass is 216 g/mol. The lowest BCUT2D eigenvalue weighted by Gasteiger charge is -2.04. The third-order valence-corrected chi connectivity index (χ3v) is 3.41. The molecule has 0 saturated heterocycles. The van der Waals surface area contributed by atoms with Crippen molar-refractivity contribution in [2.75, 3.05) is 17.8 Å². The number of nitrogen functional groups attached to an aromatic ring is 1. The van der Waals surface area contributed by atoms with E-state index in [0.29, 0.717) is 5.69 Å². The minimum Gasteiger partial charge on any atom is -0.395 e. The molecule has 1 aromatic rings. The van der Waals surface area contributed by atoms with Gasteiger partial charge in [-0.1, -0.05) is 6.07 Å². The molecule has 0 atom stereocenters. The molecule has 0 aromatic heterocycles. The van der Waals surface area contributed by atoms with Gasteiger partial charge in [0.25, 0.3) is 0 Å². The molecule has 78 valence electrons. The maximum Gasteiger partial charge on any atom is 0.180 e. The lowest BCUT2D eigenvalue weighted by Crippen LogP contribution is -2.11. The van der Waals surface area contributed by atoms with Gasteiger partial charge in [-0.25, -0.2) is 8.42 Å². The van der Waals surface area contributed by atoms with E-state index in [1.54, 1.807) is 12.1 Å². The zero-order chi connectivity index (χ0) is 10.6. The summed E-state index contributed by atoms with van der Waals surface area (Å²) in [6.07, 6.45) is 0. The van der Waals surface area contributed by atoms with Crippen molar-refractivity contribution >= 4 is 15.5 Å². The molecule has 0 spiro atoms. The first kappa shape index (κ1) is 11.0. The first-order valence-corrected chi connectivity index (χ1v) is 5.65. The second kappa shape index (κ2) is 4.41. The standard InChI is InChI=1S/C8H12N2O3S/c9-10-7-2-1-3-8(6-7)14(12,13)5-4-11/h1-3,6,10-11H,4-5,9H2. The van der Waals surface area contributed by atoms with Crippen molar-refractivity contribution in [3.63, 3.8) is 0 Å². The minimum atomic E-state index is -3.39. The van der Waals surface area contributed by atoms with Crippen molar-refractivity contribution in [1.29, 1.82) is 0 Å². The molecule has 0 amide bonds. The molecular weight excluding hydrogens is 204 g/mol. The van der Waals surface area contributed by atoms with Gasteiger partial charge in [0.1, 0.15) is 0 Å². The van der Waals surface area contributed by atoms with Gasteiger partial charge in [-0.15, -0.1) is 0 Å². The van der Waals surface area contributed by atoms with E-state index >= 15 is 0 Å². The maximum atomic E-state index is 11.5. The largest absolute Gasteiger partial charge is 0.395 e. The zero-order valence-corrected chi connectivity index (χ0v) is 8.29. The van der Waals surface area contributed by atoms with Gasteiger partial charge in [-0.3, -0.25) is 5.84 Å². The third kappa shape index (κ3) is 2.44. The van der Waals surface area contributed by atoms with Crippen LogP contribution < -0.4 is 11.3 Å². The Balaban J connectivity index is 3.07. The Bertz CT molecular complexity index is 403. The summed E-state index contributed by atoms with van der Waals surface area (Å²) in [7, 11) is -3.39. The van der Waals surface area contributed by atoms with Crippen molar-refractivity contribution < 1.29 is 13.5 Å². The first-order valence-electron chi connectivity index (χ1n) is 4.00. The number of aliphatic hydroxyl groups is 1. The minimum absolute atomic E-state index is 0.155. The number of nitrogens with two attached hydrogens (primary N) is 1. The lowest BCUT2D eigenvalue weighted by molar-refractivity contribution is 0.319. The zero-order valence-electron chi connectivity index (χ0n) is 7.47. The number of hydrazine groups is 1. The Labute approximate surface area is 82.4 Å². The van der Waals surface area contributed by atoms with Gasteiger partial charge >= 0.3 is 0 Å². The van der Waals surface area contributed by atoms with Crippen LogP contribution in [-0.4, -0.2) is 25.9 Å². The van der Waals surface area contributed by atoms with E-state index in [9.17, 15) is 8.42 Å². The average molecular weight is 216 g/mol. The van der Waals surface area contributed by atoms with E-state index in [1.165, 1.54) is 12.1 Å². The fraction of sp³-hybridized carbons (Fsp3) is 0.250. The van der Waals surface area contributed by atoms with Gasteiger partial charge in [0.15, 0.2) is 9.84 Å². The van der Waals surface area contributed by atoms with Crippen molar-refractivity contribution in [2.24, 2.45) is 5.84 Å². The molecule has 1 aromatic carbocycles. The molecule has 0 bridgehead atoms. The number of benzene rings is 1. The van der Waals surface area contributed by atoms with Gasteiger partial charge < -0.3 is 10.5 Å². The molecule has 0 aliphatic heterocycles. The van der Waals surface area contributed by atoms with Crippen molar-refractivity contribution in [2.45, 2.75) is 4.90 Å². The molecule has 1 rings (SSSR count). The Hall–Kier alpha value is -1.11. The SMILES string of the molecule is NNc1cccc(S(=O)(=O)CCO)c1. The van der Waals surface area contributed by atoms with Gasteiger partial charge in [0.05, 0.1) is 17.3 Å². The highest BCUT2D eigenvalue weighted by molar-refractivity contribution is 7.91. The quantitative estimate of drug-likeness (QED) is 0.476. The number of hydrogen-bond acceptors (Lipinski definition) is 5. The molecule has 0 heterocycles. The van der Waals surface area contributed by atoms with Crippen LogP contribution in [0.1, 0.15) is 0 Å². The molecule has 6 heteroatoms. The summed E-state index contributed by atoms with van der Waals surface area (Å²) in [6.45, 7) is -0.386. The first-order chi connectivity index (χ1) is 6.60. The van der Waals surface area contributed by atoms with Crippen molar-refractivity contribution in [3.8, 4) is 0 Å². The fourth-order valence-electron chi connectivity index (χ4n) is 1.02. The number of rotatable bonds is 4. The summed E-state index contributed by atoms with van der Waals surface area (Å²) in [4.78, 5) is 0.155. The summed E-state index contributed by atoms with van der Waals surface area (Å²) >= 11 is 0. The molecular formula is C8H12N2O3S. The van der Waals surface area contributed by atoms with Gasteiger partial charge in [0, 0.05) is 5.69 Å². The number of sulfone groups is 1. The van der Waals surface area contributed by atoms with Crippen LogP contribution in [0.15, 0.2) is 29.2 Å². The summed E-state index contributed by atoms with van der Waals surface area (Å²) in [5.74, 6) is 4.86. The Kier molecular flexibility index (Phi) is 3.45. The second-order valence-corrected chi connectivity index (χ2v) is 4.82. The van der Waals surface area contributed by atoms with Crippen LogP contribution >= 0.6 is 0 Å². The predicted octanol–water partition coefficient (Wildman–Crippen LogP) is -0.262. The highest BCUT2D eigenvalue weighted by Gasteiger charge is 2.13. The Morgan fingerprint density at radius 2 is 2.14 bits per heavy atom. The predicted molar refractivity (Wildman–Crippen MR) is 53.4 cm³/mol. The van der Waals surface area contributed by atoms with E-state index < -0.39 is 9.84 Å². The van der Waals surface area contributed by atoms with Crippen LogP contribution in [0.2, 0.25) is 0 Å². The van der Waals surface area contributed by atoms with Crippen LogP contribution in [0.5, 0.6) is 0 Å². The van der Waals surface area contributed by atoms with Crippen molar-refractivity contribution in [1.82, 2.24) is 0 Å². The molecule has 5 nitrogen and oxygen atoms in total. The van der Waals surface area contributed by atoms with Crippen molar-refractivity contribution in [3.05, 3.63) is 24.3 Å². The smallest absolute Gasteiger partial charge is 0.180 e. The summed E-state index contributed by atoms with van der Waals surface area (Å²) in [5, 5.41) is 8.57.